The lowest BCUT2D eigenvalue weighted by molar-refractivity contribution is -0.344. The number of hydrogen-bond donors (Lipinski definition) is 0. The van der Waals surface area contributed by atoms with Gasteiger partial charge in [0.15, 0.2) is 6.61 Å². The maximum absolute atomic E-state index is 12.6. The molecule has 19 heavy (non-hydrogen) atoms. The fraction of sp³-hybridized carbons (Fsp3) is 0.857. The molecule has 0 radical (unpaired) electrons. The summed E-state index contributed by atoms with van der Waals surface area (Å²) in [5.74, 6) is -21.7. The molecule has 0 amide bonds. The summed E-state index contributed by atoms with van der Waals surface area (Å²) < 4.78 is 124. The molecule has 0 aliphatic heterocycles. The van der Waals surface area contributed by atoms with Crippen molar-refractivity contribution in [3.8, 4) is 0 Å². The highest BCUT2D eigenvalue weighted by atomic mass is 19.4. The van der Waals surface area contributed by atoms with E-state index < -0.39 is 43.2 Å². The van der Waals surface area contributed by atoms with E-state index in [0.717, 1.165) is 0 Å². The molecule has 2 nitrogen and oxygen atoms in total. The average Bonchev–Trinajstić information content (AvgIpc) is 2.24. The Morgan fingerprint density at radius 2 is 1.37 bits per heavy atom. The topological polar surface area (TPSA) is 26.3 Å². The van der Waals surface area contributed by atoms with Crippen molar-refractivity contribution in [2.24, 2.45) is 0 Å². The molecule has 0 aliphatic carbocycles. The van der Waals surface area contributed by atoms with Gasteiger partial charge in [-0.15, -0.1) is 0 Å². The van der Waals surface area contributed by atoms with E-state index in [9.17, 15) is 48.7 Å². The maximum atomic E-state index is 12.6. The van der Waals surface area contributed by atoms with Gasteiger partial charge in [-0.3, -0.25) is 0 Å². The first-order valence-electron chi connectivity index (χ1n) is 4.13. The minimum absolute atomic E-state index is 2.68. The van der Waals surface area contributed by atoms with Gasteiger partial charge in [-0.2, -0.15) is 35.1 Å². The van der Waals surface area contributed by atoms with Crippen molar-refractivity contribution in [1.82, 2.24) is 0 Å². The third kappa shape index (κ3) is 3.41. The second-order valence-corrected chi connectivity index (χ2v) is 3.11. The Morgan fingerprint density at radius 3 is 1.68 bits per heavy atom. The van der Waals surface area contributed by atoms with Crippen LogP contribution in [-0.2, 0) is 9.53 Å². The molecule has 0 saturated carbocycles. The van der Waals surface area contributed by atoms with Crippen LogP contribution in [0.4, 0.5) is 43.9 Å². The molecule has 0 N–H and O–H groups in total. The van der Waals surface area contributed by atoms with Gasteiger partial charge in [-0.1, -0.05) is 0 Å². The molecule has 0 rings (SSSR count). The molecule has 0 heterocycles. The Morgan fingerprint density at radius 1 is 0.947 bits per heavy atom. The first kappa shape index (κ1) is 17.8. The van der Waals surface area contributed by atoms with Gasteiger partial charge in [-0.05, 0) is 0 Å². The molecule has 0 aromatic rings. The monoisotopic (exact) mass is 310 g/mol. The number of ether oxygens (including phenoxy) is 1. The minimum atomic E-state index is -6.60. The zero-order valence-electron chi connectivity index (χ0n) is 8.46. The van der Waals surface area contributed by atoms with Gasteiger partial charge in [0.25, 0.3) is 0 Å². The van der Waals surface area contributed by atoms with Crippen molar-refractivity contribution < 1.29 is 53.4 Å². The third-order valence-electron chi connectivity index (χ3n) is 1.73. The van der Waals surface area contributed by atoms with Crippen LogP contribution in [0.15, 0.2) is 0 Å². The molecule has 0 spiro atoms. The van der Waals surface area contributed by atoms with Gasteiger partial charge in [0.05, 0.1) is 0 Å². The van der Waals surface area contributed by atoms with E-state index in [1.54, 1.807) is 0 Å². The van der Waals surface area contributed by atoms with Gasteiger partial charge in [0.1, 0.15) is 0 Å². The van der Waals surface area contributed by atoms with E-state index in [0.29, 0.717) is 0 Å². The Balaban J connectivity index is 5.03. The molecule has 0 unspecified atom stereocenters. The smallest absolute Gasteiger partial charge is 0.381 e. The van der Waals surface area contributed by atoms with Gasteiger partial charge >= 0.3 is 36.6 Å². The predicted octanol–water partition coefficient (Wildman–Crippen LogP) is 2.97. The normalized spacial score (nSPS) is 14.1. The van der Waals surface area contributed by atoms with E-state index in [4.69, 9.17) is 0 Å². The lowest BCUT2D eigenvalue weighted by Crippen LogP contribution is -2.59. The molecule has 114 valence electrons. The lowest BCUT2D eigenvalue weighted by Gasteiger charge is -2.31. The SMILES string of the molecule is O=C(OCC(F)(F)C(F)(F)C(F)(F)C(F)F)C(F)F. The van der Waals surface area contributed by atoms with E-state index >= 15 is 0 Å². The number of halogens is 10. The molecular formula is C7H4F10O2. The molecule has 0 aromatic carbocycles. The van der Waals surface area contributed by atoms with E-state index in [1.165, 1.54) is 0 Å². The van der Waals surface area contributed by atoms with Crippen LogP contribution < -0.4 is 0 Å². The Kier molecular flexibility index (Phi) is 5.06. The molecule has 0 aromatic heterocycles. The highest BCUT2D eigenvalue weighted by molar-refractivity contribution is 5.72. The van der Waals surface area contributed by atoms with Crippen LogP contribution in [0.3, 0.4) is 0 Å². The van der Waals surface area contributed by atoms with Gasteiger partial charge in [0.2, 0.25) is 0 Å². The van der Waals surface area contributed by atoms with Crippen LogP contribution in [-0.4, -0.2) is 43.2 Å². The summed E-state index contributed by atoms with van der Waals surface area (Å²) in [7, 11) is 0. The quantitative estimate of drug-likeness (QED) is 0.557. The summed E-state index contributed by atoms with van der Waals surface area (Å²) in [6.45, 7) is -2.90. The average molecular weight is 310 g/mol. The summed E-state index contributed by atoms with van der Waals surface area (Å²) in [5, 5.41) is 0. The van der Waals surface area contributed by atoms with Crippen molar-refractivity contribution in [1.29, 1.82) is 0 Å². The van der Waals surface area contributed by atoms with Gasteiger partial charge in [-0.25, -0.2) is 13.6 Å². The second-order valence-electron chi connectivity index (χ2n) is 3.11. The van der Waals surface area contributed by atoms with Gasteiger partial charge in [0, 0.05) is 0 Å². The highest BCUT2D eigenvalue weighted by Crippen LogP contribution is 2.48. The zero-order chi connectivity index (χ0) is 15.6. The van der Waals surface area contributed by atoms with Crippen LogP contribution in [0.5, 0.6) is 0 Å². The Labute approximate surface area is 97.9 Å². The van der Waals surface area contributed by atoms with Crippen molar-refractivity contribution in [2.45, 2.75) is 30.6 Å². The molecule has 12 heteroatoms. The van der Waals surface area contributed by atoms with Crippen molar-refractivity contribution in [2.75, 3.05) is 6.61 Å². The summed E-state index contributed by atoms with van der Waals surface area (Å²) in [5.41, 5.74) is 0. The van der Waals surface area contributed by atoms with Crippen molar-refractivity contribution in [3.05, 3.63) is 0 Å². The number of esters is 1. The van der Waals surface area contributed by atoms with Crippen LogP contribution in [0.2, 0.25) is 0 Å². The van der Waals surface area contributed by atoms with E-state index in [1.807, 2.05) is 0 Å². The predicted molar refractivity (Wildman–Crippen MR) is 37.8 cm³/mol. The summed E-state index contributed by atoms with van der Waals surface area (Å²) in [6.07, 6.45) is -9.11. The highest BCUT2D eigenvalue weighted by Gasteiger charge is 2.75. The number of alkyl halides is 10. The van der Waals surface area contributed by atoms with Crippen LogP contribution >= 0.6 is 0 Å². The standard InChI is InChI=1S/C7H4F10O2/c8-2(9)3(18)19-1-5(12,13)7(16,17)6(14,15)4(10)11/h2,4H,1H2. The first-order chi connectivity index (χ1) is 8.27. The van der Waals surface area contributed by atoms with E-state index in [-0.39, 0.29) is 0 Å². The molecule has 0 aliphatic rings. The Hall–Kier alpha value is -1.23. The minimum Gasteiger partial charge on any atom is -0.455 e. The summed E-state index contributed by atoms with van der Waals surface area (Å²) >= 11 is 0. The summed E-state index contributed by atoms with van der Waals surface area (Å²) in [4.78, 5) is 10.0. The van der Waals surface area contributed by atoms with Crippen LogP contribution in [0, 0.1) is 0 Å². The zero-order valence-corrected chi connectivity index (χ0v) is 8.46. The van der Waals surface area contributed by atoms with Crippen LogP contribution in [0.1, 0.15) is 0 Å². The summed E-state index contributed by atoms with van der Waals surface area (Å²) in [6, 6.07) is 0. The first-order valence-corrected chi connectivity index (χ1v) is 4.13. The lowest BCUT2D eigenvalue weighted by atomic mass is 10.1. The van der Waals surface area contributed by atoms with Gasteiger partial charge < -0.3 is 4.74 Å². The number of rotatable bonds is 6. The maximum Gasteiger partial charge on any atom is 0.381 e. The Bertz CT molecular complexity index is 326. The van der Waals surface area contributed by atoms with E-state index in [2.05, 4.69) is 4.74 Å². The van der Waals surface area contributed by atoms with Crippen molar-refractivity contribution in [3.63, 3.8) is 0 Å². The molecule has 0 atom stereocenters. The third-order valence-corrected chi connectivity index (χ3v) is 1.73. The molecule has 0 fully saturated rings. The van der Waals surface area contributed by atoms with Crippen molar-refractivity contribution >= 4 is 5.97 Å². The number of carbonyl (C=O) groups excluding carboxylic acids is 1. The number of carbonyl (C=O) groups is 1. The second kappa shape index (κ2) is 5.41. The molecule has 0 saturated heterocycles. The molecule has 0 bridgehead atoms. The number of hydrogen-bond acceptors (Lipinski definition) is 2. The largest absolute Gasteiger partial charge is 0.455 e. The van der Waals surface area contributed by atoms with Crippen LogP contribution in [0.25, 0.3) is 0 Å². The molecular weight excluding hydrogens is 306 g/mol. The fourth-order valence-electron chi connectivity index (χ4n) is 0.696. The fourth-order valence-corrected chi connectivity index (χ4v) is 0.696.